The number of carbonyl (C=O) groups is 1. The van der Waals surface area contributed by atoms with Gasteiger partial charge in [0, 0.05) is 30.2 Å². The van der Waals surface area contributed by atoms with Crippen LogP contribution in [-0.2, 0) is 11.3 Å². The van der Waals surface area contributed by atoms with Crippen molar-refractivity contribution in [2.75, 3.05) is 12.3 Å². The Morgan fingerprint density at radius 3 is 2.82 bits per heavy atom. The first-order valence-corrected chi connectivity index (χ1v) is 11.0. The third-order valence-electron chi connectivity index (χ3n) is 6.13. The number of anilines is 1. The second kappa shape index (κ2) is 7.36. The van der Waals surface area contributed by atoms with Gasteiger partial charge in [-0.3, -0.25) is 4.79 Å². The minimum absolute atomic E-state index is 0.0114. The standard InChI is InChI=1S/C23H22FN5O4/c24-14-7-12(8-16-20(14)33-23(26)28-16)22-27-15-9-13(32-19(21(25)30)11-3-4-11)10-17-18(15)29(22)5-1-2-6-31-17/h7-11,19H,1-6H2,(H2,25,30)(H2,26,28)/t19-/m0/s1. The van der Waals surface area contributed by atoms with E-state index in [1.54, 1.807) is 18.2 Å². The first-order valence-electron chi connectivity index (χ1n) is 11.0. The second-order valence-electron chi connectivity index (χ2n) is 8.57. The topological polar surface area (TPSA) is 131 Å². The van der Waals surface area contributed by atoms with E-state index < -0.39 is 17.8 Å². The summed E-state index contributed by atoms with van der Waals surface area (Å²) in [6, 6.07) is 6.52. The maximum atomic E-state index is 14.7. The summed E-state index contributed by atoms with van der Waals surface area (Å²) in [5.41, 5.74) is 13.5. The summed E-state index contributed by atoms with van der Waals surface area (Å²) < 4.78 is 33.9. The summed E-state index contributed by atoms with van der Waals surface area (Å²) in [5.74, 6) is 0.738. The lowest BCUT2D eigenvalue weighted by atomic mass is 10.1. The molecule has 1 aliphatic heterocycles. The van der Waals surface area contributed by atoms with Crippen molar-refractivity contribution in [3.8, 4) is 22.9 Å². The van der Waals surface area contributed by atoms with E-state index >= 15 is 0 Å². The van der Waals surface area contributed by atoms with Crippen molar-refractivity contribution in [3.05, 3.63) is 30.1 Å². The maximum absolute atomic E-state index is 14.7. The largest absolute Gasteiger partial charge is 0.491 e. The van der Waals surface area contributed by atoms with E-state index in [0.29, 0.717) is 47.1 Å². The summed E-state index contributed by atoms with van der Waals surface area (Å²) in [4.78, 5) is 20.7. The fourth-order valence-corrected chi connectivity index (χ4v) is 4.45. The van der Waals surface area contributed by atoms with Gasteiger partial charge in [-0.25, -0.2) is 9.37 Å². The Bertz CT molecular complexity index is 1410. The first-order chi connectivity index (χ1) is 16.0. The molecule has 2 aliphatic rings. The molecule has 33 heavy (non-hydrogen) atoms. The zero-order valence-corrected chi connectivity index (χ0v) is 17.7. The molecule has 0 unspecified atom stereocenters. The molecule has 1 saturated carbocycles. The van der Waals surface area contributed by atoms with Crippen LogP contribution in [0.25, 0.3) is 33.5 Å². The van der Waals surface area contributed by atoms with Crippen LogP contribution in [0.3, 0.4) is 0 Å². The lowest BCUT2D eigenvalue weighted by molar-refractivity contribution is -0.125. The number of ether oxygens (including phenoxy) is 2. The highest BCUT2D eigenvalue weighted by Crippen LogP contribution is 2.40. The third kappa shape index (κ3) is 3.42. The van der Waals surface area contributed by atoms with Gasteiger partial charge in [-0.1, -0.05) is 0 Å². The molecule has 1 amide bonds. The second-order valence-corrected chi connectivity index (χ2v) is 8.57. The van der Waals surface area contributed by atoms with Gasteiger partial charge in [0.15, 0.2) is 17.5 Å². The molecular formula is C23H22FN5O4. The van der Waals surface area contributed by atoms with Gasteiger partial charge >= 0.3 is 0 Å². The number of carbonyl (C=O) groups excluding carboxylic acids is 1. The van der Waals surface area contributed by atoms with Gasteiger partial charge in [0.25, 0.3) is 11.9 Å². The zero-order valence-electron chi connectivity index (χ0n) is 17.7. The number of amides is 1. The van der Waals surface area contributed by atoms with Crippen molar-refractivity contribution < 1.29 is 23.1 Å². The van der Waals surface area contributed by atoms with Crippen molar-refractivity contribution in [2.24, 2.45) is 11.7 Å². The summed E-state index contributed by atoms with van der Waals surface area (Å²) >= 11 is 0. The van der Waals surface area contributed by atoms with Gasteiger partial charge in [0.2, 0.25) is 0 Å². The average Bonchev–Trinajstić information content (AvgIpc) is 3.42. The van der Waals surface area contributed by atoms with Crippen molar-refractivity contribution >= 4 is 34.1 Å². The maximum Gasteiger partial charge on any atom is 0.293 e. The predicted octanol–water partition coefficient (Wildman–Crippen LogP) is 3.38. The van der Waals surface area contributed by atoms with Crippen LogP contribution in [0, 0.1) is 11.7 Å². The van der Waals surface area contributed by atoms with Crippen LogP contribution in [0.2, 0.25) is 0 Å². The monoisotopic (exact) mass is 451 g/mol. The number of oxazole rings is 1. The number of rotatable bonds is 5. The number of benzene rings is 2. The quantitative estimate of drug-likeness (QED) is 0.475. The molecule has 6 rings (SSSR count). The van der Waals surface area contributed by atoms with Crippen LogP contribution in [0.15, 0.2) is 28.7 Å². The number of primary amides is 1. The minimum Gasteiger partial charge on any atom is -0.491 e. The highest BCUT2D eigenvalue weighted by Gasteiger charge is 2.37. The Hall–Kier alpha value is -3.82. The van der Waals surface area contributed by atoms with Crippen molar-refractivity contribution in [1.82, 2.24) is 14.5 Å². The number of imidazole rings is 1. The van der Waals surface area contributed by atoms with Gasteiger partial charge in [0.05, 0.1) is 12.1 Å². The molecule has 9 nitrogen and oxygen atoms in total. The highest BCUT2D eigenvalue weighted by atomic mass is 19.1. The van der Waals surface area contributed by atoms with Crippen molar-refractivity contribution in [3.63, 3.8) is 0 Å². The van der Waals surface area contributed by atoms with Crippen molar-refractivity contribution in [2.45, 2.75) is 38.3 Å². The molecular weight excluding hydrogens is 429 g/mol. The number of aromatic nitrogens is 3. The van der Waals surface area contributed by atoms with E-state index in [1.165, 1.54) is 6.07 Å². The van der Waals surface area contributed by atoms with Crippen LogP contribution in [0.1, 0.15) is 25.7 Å². The Morgan fingerprint density at radius 1 is 1.18 bits per heavy atom. The van der Waals surface area contributed by atoms with E-state index in [1.807, 2.05) is 4.57 Å². The number of aryl methyl sites for hydroxylation is 1. The SMILES string of the molecule is NC(=O)[C@@H](Oc1cc2c3c(c1)nc(-c1cc(F)c4oc(N)nc4c1)n3CCCCO2)C1CC1. The first kappa shape index (κ1) is 19.8. The average molecular weight is 451 g/mol. The van der Waals surface area contributed by atoms with E-state index in [4.69, 9.17) is 30.3 Å². The molecule has 170 valence electrons. The third-order valence-corrected chi connectivity index (χ3v) is 6.13. The molecule has 2 aromatic carbocycles. The number of hydrogen-bond donors (Lipinski definition) is 2. The lowest BCUT2D eigenvalue weighted by Crippen LogP contribution is -2.35. The van der Waals surface area contributed by atoms with Crippen LogP contribution in [0.4, 0.5) is 10.4 Å². The Balaban J connectivity index is 1.51. The van der Waals surface area contributed by atoms with Crippen LogP contribution < -0.4 is 20.9 Å². The molecule has 1 atom stereocenters. The summed E-state index contributed by atoms with van der Waals surface area (Å²) in [6.45, 7) is 1.24. The Kier molecular flexibility index (Phi) is 4.42. The summed E-state index contributed by atoms with van der Waals surface area (Å²) in [5, 5.41) is 0. The molecule has 10 heteroatoms. The number of hydrogen-bond acceptors (Lipinski definition) is 7. The van der Waals surface area contributed by atoms with Crippen molar-refractivity contribution in [1.29, 1.82) is 0 Å². The van der Waals surface area contributed by atoms with Crippen LogP contribution >= 0.6 is 0 Å². The molecule has 4 N–H and O–H groups in total. The molecule has 0 spiro atoms. The van der Waals surface area contributed by atoms with Gasteiger partial charge in [-0.15, -0.1) is 0 Å². The molecule has 2 aromatic heterocycles. The normalized spacial score (nSPS) is 16.9. The number of nitrogen functional groups attached to an aromatic ring is 1. The molecule has 1 fully saturated rings. The van der Waals surface area contributed by atoms with Gasteiger partial charge < -0.3 is 29.9 Å². The molecule has 0 radical (unpaired) electrons. The number of fused-ring (bicyclic) bond motifs is 1. The molecule has 1 aliphatic carbocycles. The Labute approximate surface area is 187 Å². The molecule has 0 bridgehead atoms. The van der Waals surface area contributed by atoms with Gasteiger partial charge in [0.1, 0.15) is 28.4 Å². The minimum atomic E-state index is -0.682. The fraction of sp³-hybridized carbons (Fsp3) is 0.348. The van der Waals surface area contributed by atoms with Crippen LogP contribution in [0.5, 0.6) is 11.5 Å². The predicted molar refractivity (Wildman–Crippen MR) is 118 cm³/mol. The molecule has 4 aromatic rings. The van der Waals surface area contributed by atoms with E-state index in [0.717, 1.165) is 31.2 Å². The van der Waals surface area contributed by atoms with E-state index in [-0.39, 0.29) is 17.5 Å². The summed E-state index contributed by atoms with van der Waals surface area (Å²) in [7, 11) is 0. The van der Waals surface area contributed by atoms with E-state index in [9.17, 15) is 9.18 Å². The zero-order chi connectivity index (χ0) is 22.7. The van der Waals surface area contributed by atoms with Gasteiger partial charge in [-0.05, 0) is 37.8 Å². The molecule has 3 heterocycles. The lowest BCUT2D eigenvalue weighted by Gasteiger charge is -2.19. The number of nitrogens with zero attached hydrogens (tertiary/aromatic N) is 3. The van der Waals surface area contributed by atoms with Crippen LogP contribution in [-0.4, -0.2) is 33.2 Å². The highest BCUT2D eigenvalue weighted by molar-refractivity contribution is 5.89. The fourth-order valence-electron chi connectivity index (χ4n) is 4.45. The molecule has 0 saturated heterocycles. The Morgan fingerprint density at radius 2 is 2.03 bits per heavy atom. The number of halogens is 1. The van der Waals surface area contributed by atoms with Gasteiger partial charge in [-0.2, -0.15) is 4.98 Å². The number of nitrogens with two attached hydrogens (primary N) is 2. The summed E-state index contributed by atoms with van der Waals surface area (Å²) in [6.07, 6.45) is 2.88. The van der Waals surface area contributed by atoms with E-state index in [2.05, 4.69) is 4.98 Å². The smallest absolute Gasteiger partial charge is 0.293 e.